The molecule has 3 rings (SSSR count). The molecular weight excluding hydrogens is 210 g/mol. The summed E-state index contributed by atoms with van der Waals surface area (Å²) in [5.41, 5.74) is 1.25. The molecule has 0 spiro atoms. The third-order valence-electron chi connectivity index (χ3n) is 3.41. The van der Waals surface area contributed by atoms with E-state index in [-0.39, 0.29) is 5.91 Å². The van der Waals surface area contributed by atoms with Crippen LogP contribution in [0.2, 0.25) is 0 Å². The second kappa shape index (κ2) is 4.21. The van der Waals surface area contributed by atoms with Gasteiger partial charge in [-0.25, -0.2) is 0 Å². The summed E-state index contributed by atoms with van der Waals surface area (Å²) in [6, 6.07) is 14.7. The molecule has 86 valence electrons. The molecule has 17 heavy (non-hydrogen) atoms. The van der Waals surface area contributed by atoms with Crippen molar-refractivity contribution in [2.45, 2.75) is 19.4 Å². The van der Waals surface area contributed by atoms with Gasteiger partial charge in [0.15, 0.2) is 0 Å². The zero-order chi connectivity index (χ0) is 11.7. The molecule has 0 bridgehead atoms. The Bertz CT molecular complexity index is 556. The molecule has 0 atom stereocenters. The van der Waals surface area contributed by atoms with Crippen molar-refractivity contribution in [1.82, 2.24) is 4.90 Å². The Morgan fingerprint density at radius 2 is 1.88 bits per heavy atom. The molecule has 2 aromatic rings. The number of carbonyl (C=O) groups excluding carboxylic acids is 1. The monoisotopic (exact) mass is 225 g/mol. The van der Waals surface area contributed by atoms with Gasteiger partial charge < -0.3 is 4.90 Å². The fourth-order valence-electron chi connectivity index (χ4n) is 2.51. The quantitative estimate of drug-likeness (QED) is 0.769. The van der Waals surface area contributed by atoms with Crippen LogP contribution < -0.4 is 0 Å². The third kappa shape index (κ3) is 1.91. The number of hydrogen-bond donors (Lipinski definition) is 0. The van der Waals surface area contributed by atoms with E-state index in [2.05, 4.69) is 36.4 Å². The predicted molar refractivity (Wildman–Crippen MR) is 68.6 cm³/mol. The Morgan fingerprint density at radius 3 is 2.71 bits per heavy atom. The zero-order valence-electron chi connectivity index (χ0n) is 9.73. The van der Waals surface area contributed by atoms with Gasteiger partial charge in [-0.2, -0.15) is 0 Å². The highest BCUT2D eigenvalue weighted by Gasteiger charge is 2.20. The molecular formula is C15H15NO. The second-order valence-electron chi connectivity index (χ2n) is 4.56. The van der Waals surface area contributed by atoms with Crippen LogP contribution in [0.25, 0.3) is 10.8 Å². The highest BCUT2D eigenvalue weighted by molar-refractivity contribution is 5.86. The number of benzene rings is 2. The van der Waals surface area contributed by atoms with Gasteiger partial charge in [0.2, 0.25) is 5.91 Å². The molecule has 1 aliphatic heterocycles. The van der Waals surface area contributed by atoms with Crippen LogP contribution in [0.1, 0.15) is 18.4 Å². The first-order valence-electron chi connectivity index (χ1n) is 6.09. The highest BCUT2D eigenvalue weighted by Crippen LogP contribution is 2.22. The second-order valence-corrected chi connectivity index (χ2v) is 4.56. The Hall–Kier alpha value is -1.83. The van der Waals surface area contributed by atoms with E-state index in [1.165, 1.54) is 16.3 Å². The van der Waals surface area contributed by atoms with Crippen molar-refractivity contribution in [3.63, 3.8) is 0 Å². The maximum Gasteiger partial charge on any atom is 0.222 e. The summed E-state index contributed by atoms with van der Waals surface area (Å²) in [5, 5.41) is 2.51. The Kier molecular flexibility index (Phi) is 2.56. The van der Waals surface area contributed by atoms with Crippen LogP contribution >= 0.6 is 0 Å². The fourth-order valence-corrected chi connectivity index (χ4v) is 2.51. The largest absolute Gasteiger partial charge is 0.338 e. The SMILES string of the molecule is O=C1CCCN1Cc1cccc2ccccc12. The summed E-state index contributed by atoms with van der Waals surface area (Å²) >= 11 is 0. The first-order valence-corrected chi connectivity index (χ1v) is 6.09. The molecule has 1 fully saturated rings. The van der Waals surface area contributed by atoms with E-state index < -0.39 is 0 Å². The third-order valence-corrected chi connectivity index (χ3v) is 3.41. The van der Waals surface area contributed by atoms with Gasteiger partial charge in [-0.15, -0.1) is 0 Å². The lowest BCUT2D eigenvalue weighted by Gasteiger charge is -2.16. The topological polar surface area (TPSA) is 20.3 Å². The minimum atomic E-state index is 0.290. The number of nitrogens with zero attached hydrogens (tertiary/aromatic N) is 1. The van der Waals surface area contributed by atoms with Gasteiger partial charge in [0.25, 0.3) is 0 Å². The first-order chi connectivity index (χ1) is 8.34. The molecule has 1 heterocycles. The predicted octanol–water partition coefficient (Wildman–Crippen LogP) is 2.96. The zero-order valence-corrected chi connectivity index (χ0v) is 9.73. The van der Waals surface area contributed by atoms with Crippen molar-refractivity contribution >= 4 is 16.7 Å². The van der Waals surface area contributed by atoms with E-state index in [1.54, 1.807) is 0 Å². The van der Waals surface area contributed by atoms with Crippen molar-refractivity contribution < 1.29 is 4.79 Å². The summed E-state index contributed by atoms with van der Waals surface area (Å²) in [7, 11) is 0. The van der Waals surface area contributed by atoms with E-state index in [0.717, 1.165) is 19.5 Å². The molecule has 2 heteroatoms. The van der Waals surface area contributed by atoms with Crippen LogP contribution in [0.3, 0.4) is 0 Å². The highest BCUT2D eigenvalue weighted by atomic mass is 16.2. The smallest absolute Gasteiger partial charge is 0.222 e. The van der Waals surface area contributed by atoms with Crippen LogP contribution in [0.15, 0.2) is 42.5 Å². The molecule has 1 aliphatic rings. The lowest BCUT2D eigenvalue weighted by atomic mass is 10.0. The Balaban J connectivity index is 1.97. The van der Waals surface area contributed by atoms with Gasteiger partial charge in [-0.05, 0) is 22.8 Å². The van der Waals surface area contributed by atoms with Gasteiger partial charge in [0, 0.05) is 19.5 Å². The molecule has 0 unspecified atom stereocenters. The Morgan fingerprint density at radius 1 is 1.06 bits per heavy atom. The summed E-state index contributed by atoms with van der Waals surface area (Å²) in [4.78, 5) is 13.6. The van der Waals surface area contributed by atoms with Crippen LogP contribution in [0, 0.1) is 0 Å². The van der Waals surface area contributed by atoms with Crippen molar-refractivity contribution in [2.24, 2.45) is 0 Å². The normalized spacial score (nSPS) is 15.8. The molecule has 0 saturated carbocycles. The lowest BCUT2D eigenvalue weighted by Crippen LogP contribution is -2.23. The van der Waals surface area contributed by atoms with Gasteiger partial charge >= 0.3 is 0 Å². The van der Waals surface area contributed by atoms with E-state index in [0.29, 0.717) is 6.42 Å². The molecule has 1 saturated heterocycles. The van der Waals surface area contributed by atoms with E-state index >= 15 is 0 Å². The maximum absolute atomic E-state index is 11.6. The standard InChI is InChI=1S/C15H15NO/c17-15-9-4-10-16(15)11-13-7-3-6-12-5-1-2-8-14(12)13/h1-3,5-8H,4,9-11H2. The van der Waals surface area contributed by atoms with Crippen LogP contribution in [0.5, 0.6) is 0 Å². The van der Waals surface area contributed by atoms with Crippen molar-refractivity contribution in [3.8, 4) is 0 Å². The Labute approximate surface area is 101 Å². The number of amides is 1. The lowest BCUT2D eigenvalue weighted by molar-refractivity contribution is -0.128. The minimum Gasteiger partial charge on any atom is -0.338 e. The molecule has 1 amide bonds. The number of likely N-dealkylation sites (tertiary alicyclic amines) is 1. The molecule has 0 N–H and O–H groups in total. The molecule has 0 aliphatic carbocycles. The van der Waals surface area contributed by atoms with Gasteiger partial charge in [0.1, 0.15) is 0 Å². The number of fused-ring (bicyclic) bond motifs is 1. The average Bonchev–Trinajstić information content (AvgIpc) is 2.76. The van der Waals surface area contributed by atoms with Crippen molar-refractivity contribution in [1.29, 1.82) is 0 Å². The molecule has 0 aromatic heterocycles. The van der Waals surface area contributed by atoms with Crippen LogP contribution in [0.4, 0.5) is 0 Å². The molecule has 2 nitrogen and oxygen atoms in total. The number of carbonyl (C=O) groups is 1. The fraction of sp³-hybridized carbons (Fsp3) is 0.267. The maximum atomic E-state index is 11.6. The van der Waals surface area contributed by atoms with Crippen LogP contribution in [-0.2, 0) is 11.3 Å². The molecule has 2 aromatic carbocycles. The number of hydrogen-bond acceptors (Lipinski definition) is 1. The summed E-state index contributed by atoms with van der Waals surface area (Å²) in [5.74, 6) is 0.290. The van der Waals surface area contributed by atoms with Crippen molar-refractivity contribution in [2.75, 3.05) is 6.54 Å². The van der Waals surface area contributed by atoms with E-state index in [4.69, 9.17) is 0 Å². The van der Waals surface area contributed by atoms with E-state index in [9.17, 15) is 4.79 Å². The summed E-state index contributed by atoms with van der Waals surface area (Å²) < 4.78 is 0. The van der Waals surface area contributed by atoms with Gasteiger partial charge in [-0.3, -0.25) is 4.79 Å². The number of rotatable bonds is 2. The van der Waals surface area contributed by atoms with Crippen LogP contribution in [-0.4, -0.2) is 17.4 Å². The molecule has 0 radical (unpaired) electrons. The summed E-state index contributed by atoms with van der Waals surface area (Å²) in [6.07, 6.45) is 1.72. The first kappa shape index (κ1) is 10.3. The van der Waals surface area contributed by atoms with E-state index in [1.807, 2.05) is 11.0 Å². The van der Waals surface area contributed by atoms with Gasteiger partial charge in [0.05, 0.1) is 0 Å². The van der Waals surface area contributed by atoms with Gasteiger partial charge in [-0.1, -0.05) is 42.5 Å². The summed E-state index contributed by atoms with van der Waals surface area (Å²) in [6.45, 7) is 1.66. The average molecular weight is 225 g/mol. The van der Waals surface area contributed by atoms with Crippen molar-refractivity contribution in [3.05, 3.63) is 48.0 Å². The minimum absolute atomic E-state index is 0.290.